The van der Waals surface area contributed by atoms with Crippen molar-refractivity contribution in [2.45, 2.75) is 12.8 Å². The van der Waals surface area contributed by atoms with Gasteiger partial charge in [0.05, 0.1) is 5.75 Å². The molecule has 1 aromatic rings. The maximum absolute atomic E-state index is 13.5. The summed E-state index contributed by atoms with van der Waals surface area (Å²) < 4.78 is 35.5. The van der Waals surface area contributed by atoms with E-state index >= 15 is 0 Å². The van der Waals surface area contributed by atoms with Crippen LogP contribution in [0, 0.1) is 11.7 Å². The van der Waals surface area contributed by atoms with E-state index in [0.717, 1.165) is 0 Å². The Morgan fingerprint density at radius 3 is 2.67 bits per heavy atom. The van der Waals surface area contributed by atoms with Gasteiger partial charge in [-0.25, -0.2) is 22.9 Å². The van der Waals surface area contributed by atoms with Crippen LogP contribution in [-0.2, 0) is 10.0 Å². The van der Waals surface area contributed by atoms with E-state index in [9.17, 15) is 12.8 Å². The second-order valence-corrected chi connectivity index (χ2v) is 6.23. The average Bonchev–Trinajstić information content (AvgIpc) is 2.29. The summed E-state index contributed by atoms with van der Waals surface area (Å²) in [7, 11) is -3.42. The largest absolute Gasteiger partial charge is 0.354 e. The molecule has 18 heavy (non-hydrogen) atoms. The molecule has 1 aliphatic heterocycles. The Morgan fingerprint density at radius 1 is 1.44 bits per heavy atom. The molecule has 0 unspecified atom stereocenters. The molecule has 0 radical (unpaired) electrons. The molecule has 2 N–H and O–H groups in total. The van der Waals surface area contributed by atoms with E-state index in [2.05, 4.69) is 4.98 Å². The van der Waals surface area contributed by atoms with Gasteiger partial charge in [-0.05, 0) is 30.9 Å². The first-order valence-electron chi connectivity index (χ1n) is 5.81. The molecule has 0 aliphatic carbocycles. The SMILES string of the molecule is NS(=O)(=O)CC1CCN(c2ncccc2F)CC1. The Kier molecular flexibility index (Phi) is 3.82. The molecule has 7 heteroatoms. The highest BCUT2D eigenvalue weighted by Gasteiger charge is 2.24. The normalized spacial score (nSPS) is 18.0. The Hall–Kier alpha value is -1.21. The number of nitrogens with zero attached hydrogens (tertiary/aromatic N) is 2. The van der Waals surface area contributed by atoms with E-state index in [-0.39, 0.29) is 17.5 Å². The summed E-state index contributed by atoms with van der Waals surface area (Å²) >= 11 is 0. The number of halogens is 1. The summed E-state index contributed by atoms with van der Waals surface area (Å²) in [5.74, 6) is 0.0583. The monoisotopic (exact) mass is 273 g/mol. The third kappa shape index (κ3) is 3.39. The number of nitrogens with two attached hydrogens (primary N) is 1. The highest BCUT2D eigenvalue weighted by atomic mass is 32.2. The fraction of sp³-hybridized carbons (Fsp3) is 0.545. The van der Waals surface area contributed by atoms with Crippen LogP contribution in [0.4, 0.5) is 10.2 Å². The van der Waals surface area contributed by atoms with Crippen molar-refractivity contribution in [3.05, 3.63) is 24.1 Å². The summed E-state index contributed by atoms with van der Waals surface area (Å²) in [6.07, 6.45) is 2.92. The van der Waals surface area contributed by atoms with Crippen molar-refractivity contribution in [3.8, 4) is 0 Å². The molecule has 0 atom stereocenters. The van der Waals surface area contributed by atoms with Crippen molar-refractivity contribution in [3.63, 3.8) is 0 Å². The number of hydrogen-bond acceptors (Lipinski definition) is 4. The van der Waals surface area contributed by atoms with Crippen LogP contribution in [0.25, 0.3) is 0 Å². The maximum Gasteiger partial charge on any atom is 0.209 e. The number of rotatable bonds is 3. The Balaban J connectivity index is 1.97. The zero-order valence-corrected chi connectivity index (χ0v) is 10.7. The lowest BCUT2D eigenvalue weighted by atomic mass is 9.99. The third-order valence-electron chi connectivity index (χ3n) is 3.12. The second kappa shape index (κ2) is 5.19. The molecule has 1 saturated heterocycles. The lowest BCUT2D eigenvalue weighted by molar-refractivity contribution is 0.430. The number of primary sulfonamides is 1. The summed E-state index contributed by atoms with van der Waals surface area (Å²) in [6, 6.07) is 2.92. The second-order valence-electron chi connectivity index (χ2n) is 4.57. The van der Waals surface area contributed by atoms with Gasteiger partial charge in [0.1, 0.15) is 0 Å². The zero-order chi connectivity index (χ0) is 13.2. The maximum atomic E-state index is 13.5. The molecule has 0 spiro atoms. The van der Waals surface area contributed by atoms with Crippen molar-refractivity contribution in [1.82, 2.24) is 4.98 Å². The van der Waals surface area contributed by atoms with E-state index in [1.807, 2.05) is 4.90 Å². The van der Waals surface area contributed by atoms with Crippen LogP contribution in [-0.4, -0.2) is 32.2 Å². The Bertz CT molecular complexity index is 513. The molecule has 1 aliphatic rings. The van der Waals surface area contributed by atoms with Gasteiger partial charge >= 0.3 is 0 Å². The van der Waals surface area contributed by atoms with Crippen molar-refractivity contribution in [1.29, 1.82) is 0 Å². The molecular formula is C11H16FN3O2S. The highest BCUT2D eigenvalue weighted by molar-refractivity contribution is 7.89. The number of aromatic nitrogens is 1. The zero-order valence-electron chi connectivity index (χ0n) is 9.92. The number of sulfonamides is 1. The molecule has 0 saturated carbocycles. The van der Waals surface area contributed by atoms with Gasteiger partial charge in [0.2, 0.25) is 10.0 Å². The lowest BCUT2D eigenvalue weighted by Crippen LogP contribution is -2.37. The molecule has 2 rings (SSSR count). The molecular weight excluding hydrogens is 257 g/mol. The van der Waals surface area contributed by atoms with Gasteiger partial charge in [-0.2, -0.15) is 0 Å². The fourth-order valence-electron chi connectivity index (χ4n) is 2.25. The predicted octanol–water partition coefficient (Wildman–Crippen LogP) is 0.726. The molecule has 5 nitrogen and oxygen atoms in total. The lowest BCUT2D eigenvalue weighted by Gasteiger charge is -2.32. The molecule has 1 aromatic heterocycles. The van der Waals surface area contributed by atoms with Crippen molar-refractivity contribution in [2.75, 3.05) is 23.7 Å². The van der Waals surface area contributed by atoms with Crippen molar-refractivity contribution >= 4 is 15.8 Å². The van der Waals surface area contributed by atoms with Gasteiger partial charge in [0.25, 0.3) is 0 Å². The van der Waals surface area contributed by atoms with Crippen LogP contribution in [0.1, 0.15) is 12.8 Å². The van der Waals surface area contributed by atoms with Crippen molar-refractivity contribution < 1.29 is 12.8 Å². The van der Waals surface area contributed by atoms with Crippen LogP contribution in [0.3, 0.4) is 0 Å². The first kappa shape index (κ1) is 13.2. The minimum atomic E-state index is -3.42. The van der Waals surface area contributed by atoms with Crippen LogP contribution < -0.4 is 10.0 Å². The quantitative estimate of drug-likeness (QED) is 0.880. The van der Waals surface area contributed by atoms with Gasteiger partial charge in [-0.3, -0.25) is 0 Å². The summed E-state index contributed by atoms with van der Waals surface area (Å²) in [4.78, 5) is 5.85. The predicted molar refractivity (Wildman–Crippen MR) is 67.1 cm³/mol. The van der Waals surface area contributed by atoms with Gasteiger partial charge in [-0.1, -0.05) is 0 Å². The molecule has 0 amide bonds. The van der Waals surface area contributed by atoms with Gasteiger partial charge in [-0.15, -0.1) is 0 Å². The summed E-state index contributed by atoms with van der Waals surface area (Å²) in [5, 5.41) is 5.02. The minimum absolute atomic E-state index is 0.00550. The van der Waals surface area contributed by atoms with E-state index in [0.29, 0.717) is 31.7 Å². The van der Waals surface area contributed by atoms with E-state index in [4.69, 9.17) is 5.14 Å². The fourth-order valence-corrected chi connectivity index (χ4v) is 3.24. The van der Waals surface area contributed by atoms with E-state index in [1.165, 1.54) is 6.07 Å². The van der Waals surface area contributed by atoms with Gasteiger partial charge in [0, 0.05) is 19.3 Å². The van der Waals surface area contributed by atoms with E-state index in [1.54, 1.807) is 12.3 Å². The Morgan fingerprint density at radius 2 is 2.11 bits per heavy atom. The Labute approximate surface area is 106 Å². The van der Waals surface area contributed by atoms with Crippen LogP contribution in [0.2, 0.25) is 0 Å². The minimum Gasteiger partial charge on any atom is -0.354 e. The molecule has 2 heterocycles. The summed E-state index contributed by atoms with van der Waals surface area (Å²) in [5.41, 5.74) is 0. The standard InChI is InChI=1S/C11H16FN3O2S/c12-10-2-1-5-14-11(10)15-6-3-9(4-7-15)8-18(13,16)17/h1-2,5,9H,3-4,6-8H2,(H2,13,16,17). The molecule has 0 aromatic carbocycles. The number of anilines is 1. The summed E-state index contributed by atoms with van der Waals surface area (Å²) in [6.45, 7) is 1.21. The third-order valence-corrected chi connectivity index (χ3v) is 4.06. The molecule has 100 valence electrons. The molecule has 0 bridgehead atoms. The number of piperidine rings is 1. The topological polar surface area (TPSA) is 76.3 Å². The van der Waals surface area contributed by atoms with Gasteiger partial charge < -0.3 is 4.90 Å². The van der Waals surface area contributed by atoms with Crippen LogP contribution >= 0.6 is 0 Å². The smallest absolute Gasteiger partial charge is 0.209 e. The number of pyridine rings is 1. The highest BCUT2D eigenvalue weighted by Crippen LogP contribution is 2.24. The first-order chi connectivity index (χ1) is 8.46. The first-order valence-corrected chi connectivity index (χ1v) is 7.53. The number of hydrogen-bond donors (Lipinski definition) is 1. The van der Waals surface area contributed by atoms with Crippen LogP contribution in [0.5, 0.6) is 0 Å². The van der Waals surface area contributed by atoms with E-state index < -0.39 is 10.0 Å². The molecule has 1 fully saturated rings. The van der Waals surface area contributed by atoms with Gasteiger partial charge in [0.15, 0.2) is 11.6 Å². The van der Waals surface area contributed by atoms with Crippen LogP contribution in [0.15, 0.2) is 18.3 Å². The average molecular weight is 273 g/mol. The van der Waals surface area contributed by atoms with Crippen molar-refractivity contribution in [2.24, 2.45) is 11.1 Å².